The van der Waals surface area contributed by atoms with Crippen LogP contribution in [-0.2, 0) is 9.59 Å². The average molecular weight is 262 g/mol. The molecule has 2 rings (SSSR count). The molecule has 0 bridgehead atoms. The quantitative estimate of drug-likeness (QED) is 0.473. The molecule has 100 valence electrons. The van der Waals surface area contributed by atoms with Crippen molar-refractivity contribution in [1.29, 1.82) is 0 Å². The van der Waals surface area contributed by atoms with Crippen molar-refractivity contribution in [2.24, 2.45) is 5.92 Å². The highest BCUT2D eigenvalue weighted by atomic mass is 16.6. The number of rotatable bonds is 3. The number of hydrogen-bond donors (Lipinski definition) is 0. The fourth-order valence-electron chi connectivity index (χ4n) is 2.28. The number of Topliss-reactive ketones (excluding diaryl/α,β-unsaturated/α-hetero) is 1. The van der Waals surface area contributed by atoms with Crippen LogP contribution in [0.5, 0.6) is 0 Å². The molecule has 1 atom stereocenters. The van der Waals surface area contributed by atoms with Gasteiger partial charge in [-0.05, 0) is 25.8 Å². The van der Waals surface area contributed by atoms with Crippen molar-refractivity contribution < 1.29 is 14.5 Å². The summed E-state index contributed by atoms with van der Waals surface area (Å²) in [6.45, 7) is 1.89. The normalized spacial score (nSPS) is 19.3. The maximum absolute atomic E-state index is 12.2. The molecule has 6 heteroatoms. The van der Waals surface area contributed by atoms with Gasteiger partial charge in [-0.15, -0.1) is 0 Å². The van der Waals surface area contributed by atoms with Crippen molar-refractivity contribution in [3.8, 4) is 0 Å². The van der Waals surface area contributed by atoms with Crippen LogP contribution in [-0.4, -0.2) is 23.2 Å². The zero-order valence-electron chi connectivity index (χ0n) is 10.5. The highest BCUT2D eigenvalue weighted by molar-refractivity contribution is 6.08. The summed E-state index contributed by atoms with van der Waals surface area (Å²) in [5.74, 6) is -1.03. The monoisotopic (exact) mass is 262 g/mol. The van der Waals surface area contributed by atoms with Crippen molar-refractivity contribution in [2.45, 2.75) is 19.8 Å². The lowest BCUT2D eigenvalue weighted by atomic mass is 9.93. The second-order valence-electron chi connectivity index (χ2n) is 4.57. The summed E-state index contributed by atoms with van der Waals surface area (Å²) in [6.07, 6.45) is 1.28. The predicted octanol–water partition coefficient (Wildman–Crippen LogP) is 1.93. The zero-order chi connectivity index (χ0) is 14.0. The SMILES string of the molecule is CC(=O)[C@@H]1CCCN(c2cccc([N+](=O)[O-])c2)C1=O. The first-order valence-electron chi connectivity index (χ1n) is 6.07. The first-order chi connectivity index (χ1) is 9.00. The van der Waals surface area contributed by atoms with E-state index in [1.807, 2.05) is 0 Å². The third-order valence-electron chi connectivity index (χ3n) is 3.28. The number of carbonyl (C=O) groups excluding carboxylic acids is 2. The fraction of sp³-hybridized carbons (Fsp3) is 0.385. The van der Waals surface area contributed by atoms with Gasteiger partial charge in [-0.2, -0.15) is 0 Å². The summed E-state index contributed by atoms with van der Waals surface area (Å²) < 4.78 is 0. The Morgan fingerprint density at radius 3 is 2.84 bits per heavy atom. The second kappa shape index (κ2) is 5.17. The Morgan fingerprint density at radius 2 is 2.21 bits per heavy atom. The van der Waals surface area contributed by atoms with E-state index < -0.39 is 10.8 Å². The molecule has 0 aliphatic carbocycles. The Hall–Kier alpha value is -2.24. The molecule has 0 N–H and O–H groups in total. The van der Waals surface area contributed by atoms with E-state index in [0.717, 1.165) is 6.42 Å². The number of ketones is 1. The van der Waals surface area contributed by atoms with Crippen LogP contribution in [0.25, 0.3) is 0 Å². The van der Waals surface area contributed by atoms with Crippen LogP contribution >= 0.6 is 0 Å². The van der Waals surface area contributed by atoms with Crippen LogP contribution in [0.15, 0.2) is 24.3 Å². The van der Waals surface area contributed by atoms with E-state index in [4.69, 9.17) is 0 Å². The molecule has 1 heterocycles. The van der Waals surface area contributed by atoms with Crippen molar-refractivity contribution >= 4 is 23.1 Å². The van der Waals surface area contributed by atoms with Gasteiger partial charge < -0.3 is 4.90 Å². The fourth-order valence-corrected chi connectivity index (χ4v) is 2.28. The standard InChI is InChI=1S/C13H14N2O4/c1-9(16)12-6-3-7-14(13(12)17)10-4-2-5-11(8-10)15(18)19/h2,4-5,8,12H,3,6-7H2,1H3/t12-/m0/s1. The zero-order valence-corrected chi connectivity index (χ0v) is 10.5. The second-order valence-corrected chi connectivity index (χ2v) is 4.57. The molecule has 1 aliphatic rings. The van der Waals surface area contributed by atoms with Crippen molar-refractivity contribution in [2.75, 3.05) is 11.4 Å². The average Bonchev–Trinajstić information content (AvgIpc) is 2.38. The van der Waals surface area contributed by atoms with E-state index >= 15 is 0 Å². The van der Waals surface area contributed by atoms with Crippen molar-refractivity contribution in [3.05, 3.63) is 34.4 Å². The van der Waals surface area contributed by atoms with Crippen LogP contribution in [0.3, 0.4) is 0 Å². The van der Waals surface area contributed by atoms with Crippen molar-refractivity contribution in [1.82, 2.24) is 0 Å². The molecule has 0 aromatic heterocycles. The lowest BCUT2D eigenvalue weighted by molar-refractivity contribution is -0.384. The molecule has 1 aromatic carbocycles. The van der Waals surface area contributed by atoms with Crippen LogP contribution < -0.4 is 4.90 Å². The van der Waals surface area contributed by atoms with Gasteiger partial charge in [-0.1, -0.05) is 6.07 Å². The molecule has 0 radical (unpaired) electrons. The molecule has 19 heavy (non-hydrogen) atoms. The number of benzene rings is 1. The Kier molecular flexibility index (Phi) is 3.59. The van der Waals surface area contributed by atoms with E-state index in [-0.39, 0.29) is 17.4 Å². The van der Waals surface area contributed by atoms with Gasteiger partial charge in [0, 0.05) is 18.7 Å². The topological polar surface area (TPSA) is 80.5 Å². The Labute approximate surface area is 110 Å². The van der Waals surface area contributed by atoms with Crippen LogP contribution in [0, 0.1) is 16.0 Å². The minimum atomic E-state index is -0.618. The molecule has 1 aromatic rings. The molecule has 0 saturated carbocycles. The lowest BCUT2D eigenvalue weighted by Gasteiger charge is -2.31. The molecular formula is C13H14N2O4. The number of amides is 1. The van der Waals surface area contributed by atoms with Gasteiger partial charge >= 0.3 is 0 Å². The summed E-state index contributed by atoms with van der Waals surface area (Å²) in [5, 5.41) is 10.7. The molecule has 1 fully saturated rings. The van der Waals surface area contributed by atoms with Gasteiger partial charge in [0.15, 0.2) is 0 Å². The number of anilines is 1. The van der Waals surface area contributed by atoms with Crippen molar-refractivity contribution in [3.63, 3.8) is 0 Å². The first kappa shape index (κ1) is 13.2. The highest BCUT2D eigenvalue weighted by Gasteiger charge is 2.32. The minimum absolute atomic E-state index is 0.0600. The smallest absolute Gasteiger partial charge is 0.271 e. The number of nitro groups is 1. The number of hydrogen-bond acceptors (Lipinski definition) is 4. The predicted molar refractivity (Wildman–Crippen MR) is 68.9 cm³/mol. The number of non-ortho nitro benzene ring substituents is 1. The van der Waals surface area contributed by atoms with Crippen LogP contribution in [0.4, 0.5) is 11.4 Å². The lowest BCUT2D eigenvalue weighted by Crippen LogP contribution is -2.43. The number of nitrogens with zero attached hydrogens (tertiary/aromatic N) is 2. The third-order valence-corrected chi connectivity index (χ3v) is 3.28. The van der Waals surface area contributed by atoms with E-state index in [9.17, 15) is 19.7 Å². The minimum Gasteiger partial charge on any atom is -0.312 e. The van der Waals surface area contributed by atoms with Crippen LogP contribution in [0.2, 0.25) is 0 Å². The van der Waals surface area contributed by atoms with E-state index in [1.54, 1.807) is 6.07 Å². The highest BCUT2D eigenvalue weighted by Crippen LogP contribution is 2.27. The van der Waals surface area contributed by atoms with Gasteiger partial charge in [0.1, 0.15) is 5.78 Å². The third kappa shape index (κ3) is 2.62. The Balaban J connectivity index is 2.30. The summed E-state index contributed by atoms with van der Waals surface area (Å²) in [6, 6.07) is 5.92. The van der Waals surface area contributed by atoms with Crippen LogP contribution in [0.1, 0.15) is 19.8 Å². The number of piperidine rings is 1. The maximum Gasteiger partial charge on any atom is 0.271 e. The summed E-state index contributed by atoms with van der Waals surface area (Å²) >= 11 is 0. The summed E-state index contributed by atoms with van der Waals surface area (Å²) in [5.41, 5.74) is 0.417. The van der Waals surface area contributed by atoms with Gasteiger partial charge in [0.2, 0.25) is 5.91 Å². The van der Waals surface area contributed by atoms with Gasteiger partial charge in [0.25, 0.3) is 5.69 Å². The molecule has 0 spiro atoms. The maximum atomic E-state index is 12.2. The first-order valence-corrected chi connectivity index (χ1v) is 6.07. The van der Waals surface area contributed by atoms with E-state index in [1.165, 1.54) is 30.0 Å². The molecule has 1 amide bonds. The molecule has 1 saturated heterocycles. The molecule has 0 unspecified atom stereocenters. The van der Waals surface area contributed by atoms with Gasteiger partial charge in [0.05, 0.1) is 16.5 Å². The van der Waals surface area contributed by atoms with Gasteiger partial charge in [-0.3, -0.25) is 19.7 Å². The Bertz CT molecular complexity index is 541. The Morgan fingerprint density at radius 1 is 1.47 bits per heavy atom. The number of carbonyl (C=O) groups is 2. The van der Waals surface area contributed by atoms with E-state index in [0.29, 0.717) is 18.7 Å². The largest absolute Gasteiger partial charge is 0.312 e. The van der Waals surface area contributed by atoms with E-state index in [2.05, 4.69) is 0 Å². The van der Waals surface area contributed by atoms with Gasteiger partial charge in [-0.25, -0.2) is 0 Å². The molecule has 1 aliphatic heterocycles. The molecular weight excluding hydrogens is 248 g/mol. The summed E-state index contributed by atoms with van der Waals surface area (Å²) in [7, 11) is 0. The summed E-state index contributed by atoms with van der Waals surface area (Å²) in [4.78, 5) is 35.3. The molecule has 6 nitrogen and oxygen atoms in total. The number of nitro benzene ring substituents is 1.